The number of hydrogen-bond acceptors (Lipinski definition) is 4. The number of nitriles is 1. The normalized spacial score (nSPS) is 10.7. The standard InChI is InChI=1S/C23H15ClFN5O2/c1-28-17-10-11-18(32-12-14-6-3-2-4-7-14)20(22(31)30-23(27)29-13-26)19(17)15-8-5-9-16(25)21(15)24/h2-11H,12H2,(H3,27,29,30,31). The molecule has 0 spiro atoms. The molecule has 158 valence electrons. The highest BCUT2D eigenvalue weighted by molar-refractivity contribution is 6.34. The van der Waals surface area contributed by atoms with Crippen molar-refractivity contribution in [3.05, 3.63) is 94.0 Å². The fraction of sp³-hybridized carbons (Fsp3) is 0.0435. The molecule has 3 aromatic rings. The van der Waals surface area contributed by atoms with Gasteiger partial charge in [-0.15, -0.1) is 4.99 Å². The number of guanidine groups is 1. The summed E-state index contributed by atoms with van der Waals surface area (Å²) in [7, 11) is 0. The molecule has 0 unspecified atom stereocenters. The van der Waals surface area contributed by atoms with E-state index in [2.05, 4.69) is 15.2 Å². The van der Waals surface area contributed by atoms with Crippen LogP contribution < -0.4 is 15.8 Å². The topological polar surface area (TPSA) is 105 Å². The van der Waals surface area contributed by atoms with Crippen molar-refractivity contribution in [1.29, 1.82) is 5.26 Å². The first kappa shape index (κ1) is 22.3. The molecule has 0 radical (unpaired) electrons. The lowest BCUT2D eigenvalue weighted by Gasteiger charge is -2.18. The zero-order valence-corrected chi connectivity index (χ0v) is 17.2. The van der Waals surface area contributed by atoms with Crippen LogP contribution in [0.5, 0.6) is 5.75 Å². The summed E-state index contributed by atoms with van der Waals surface area (Å²) in [4.78, 5) is 19.8. The van der Waals surface area contributed by atoms with Crippen LogP contribution in [0.25, 0.3) is 16.0 Å². The highest BCUT2D eigenvalue weighted by Crippen LogP contribution is 2.42. The second kappa shape index (κ2) is 10.1. The van der Waals surface area contributed by atoms with E-state index in [0.717, 1.165) is 11.6 Å². The lowest BCUT2D eigenvalue weighted by Crippen LogP contribution is -2.37. The number of ether oxygens (including phenoxy) is 1. The van der Waals surface area contributed by atoms with Gasteiger partial charge in [0.05, 0.1) is 17.2 Å². The number of nitrogens with zero attached hydrogens (tertiary/aromatic N) is 3. The molecule has 1 amide bonds. The first-order valence-corrected chi connectivity index (χ1v) is 9.53. The van der Waals surface area contributed by atoms with Crippen LogP contribution in [-0.4, -0.2) is 11.9 Å². The summed E-state index contributed by atoms with van der Waals surface area (Å²) in [5, 5.41) is 10.7. The minimum absolute atomic E-state index is 0.0468. The Balaban J connectivity index is 2.20. The lowest BCUT2D eigenvalue weighted by atomic mass is 9.96. The molecule has 3 N–H and O–H groups in total. The average molecular weight is 448 g/mol. The van der Waals surface area contributed by atoms with E-state index in [4.69, 9.17) is 33.9 Å². The maximum absolute atomic E-state index is 14.2. The van der Waals surface area contributed by atoms with E-state index in [-0.39, 0.29) is 39.8 Å². The minimum Gasteiger partial charge on any atom is -0.488 e. The summed E-state index contributed by atoms with van der Waals surface area (Å²) in [6.07, 6.45) is 1.47. The molecule has 0 fully saturated rings. The SMILES string of the molecule is [C-]#[N+]c1ccc(OCc2ccccc2)c(C(=O)NC(N)=NC#N)c1-c1cccc(F)c1Cl. The molecule has 0 saturated carbocycles. The van der Waals surface area contributed by atoms with Gasteiger partial charge in [0.2, 0.25) is 12.2 Å². The van der Waals surface area contributed by atoms with Crippen molar-refractivity contribution < 1.29 is 13.9 Å². The maximum atomic E-state index is 14.2. The molecule has 9 heteroatoms. The van der Waals surface area contributed by atoms with E-state index in [9.17, 15) is 9.18 Å². The van der Waals surface area contributed by atoms with Gasteiger partial charge in [0.25, 0.3) is 5.91 Å². The Morgan fingerprint density at radius 3 is 2.66 bits per heavy atom. The third-order valence-corrected chi connectivity index (χ3v) is 4.75. The molecule has 0 aliphatic heterocycles. The minimum atomic E-state index is -0.801. The van der Waals surface area contributed by atoms with Gasteiger partial charge in [0.1, 0.15) is 18.2 Å². The summed E-state index contributed by atoms with van der Waals surface area (Å²) in [5.41, 5.74) is 6.54. The van der Waals surface area contributed by atoms with Gasteiger partial charge in [-0.3, -0.25) is 10.1 Å². The van der Waals surface area contributed by atoms with E-state index in [1.54, 1.807) is 0 Å². The van der Waals surface area contributed by atoms with Gasteiger partial charge in [-0.1, -0.05) is 60.1 Å². The number of nitrogens with one attached hydrogen (secondary N) is 1. The fourth-order valence-corrected chi connectivity index (χ4v) is 3.20. The number of carbonyl (C=O) groups excluding carboxylic acids is 1. The molecular formula is C23H15ClFN5O2. The number of carbonyl (C=O) groups is 1. The van der Waals surface area contributed by atoms with Crippen molar-refractivity contribution in [3.8, 4) is 23.1 Å². The lowest BCUT2D eigenvalue weighted by molar-refractivity contribution is 0.0973. The second-order valence-electron chi connectivity index (χ2n) is 6.37. The first-order valence-electron chi connectivity index (χ1n) is 9.15. The van der Waals surface area contributed by atoms with Crippen LogP contribution in [0.2, 0.25) is 5.02 Å². The van der Waals surface area contributed by atoms with Gasteiger partial charge >= 0.3 is 0 Å². The molecule has 0 aliphatic carbocycles. The zero-order chi connectivity index (χ0) is 23.1. The molecule has 0 atom stereocenters. The highest BCUT2D eigenvalue weighted by Gasteiger charge is 2.25. The first-order chi connectivity index (χ1) is 15.5. The smallest absolute Gasteiger partial charge is 0.261 e. The summed E-state index contributed by atoms with van der Waals surface area (Å²) in [6.45, 7) is 7.66. The molecule has 0 aliphatic rings. The van der Waals surface area contributed by atoms with E-state index in [1.807, 2.05) is 30.3 Å². The van der Waals surface area contributed by atoms with E-state index in [0.29, 0.717) is 0 Å². The Labute approximate surface area is 188 Å². The zero-order valence-electron chi connectivity index (χ0n) is 16.5. The second-order valence-corrected chi connectivity index (χ2v) is 6.75. The quantitative estimate of drug-likeness (QED) is 0.253. The molecular weight excluding hydrogens is 433 g/mol. The Morgan fingerprint density at radius 1 is 1.22 bits per heavy atom. The van der Waals surface area contributed by atoms with Crippen LogP contribution in [0.4, 0.5) is 10.1 Å². The van der Waals surface area contributed by atoms with Gasteiger partial charge in [-0.05, 0) is 23.3 Å². The van der Waals surface area contributed by atoms with Crippen LogP contribution in [0.3, 0.4) is 0 Å². The number of amides is 1. The molecule has 0 heterocycles. The molecule has 0 aromatic heterocycles. The van der Waals surface area contributed by atoms with E-state index >= 15 is 0 Å². The maximum Gasteiger partial charge on any atom is 0.261 e. The summed E-state index contributed by atoms with van der Waals surface area (Å²) >= 11 is 6.17. The molecule has 7 nitrogen and oxygen atoms in total. The molecule has 32 heavy (non-hydrogen) atoms. The highest BCUT2D eigenvalue weighted by atomic mass is 35.5. The molecule has 0 saturated heterocycles. The van der Waals surface area contributed by atoms with Gasteiger partial charge < -0.3 is 10.5 Å². The summed E-state index contributed by atoms with van der Waals surface area (Å²) in [5.74, 6) is -1.85. The molecule has 3 rings (SSSR count). The number of benzene rings is 3. The number of rotatable bonds is 5. The number of nitrogens with two attached hydrogens (primary N) is 1. The van der Waals surface area contributed by atoms with Crippen molar-refractivity contribution >= 4 is 29.2 Å². The Morgan fingerprint density at radius 2 is 1.97 bits per heavy atom. The Kier molecular flexibility index (Phi) is 7.02. The molecule has 0 bridgehead atoms. The average Bonchev–Trinajstić information content (AvgIpc) is 2.79. The van der Waals surface area contributed by atoms with Crippen LogP contribution >= 0.6 is 11.6 Å². The number of aliphatic imine (C=N–C) groups is 1. The van der Waals surface area contributed by atoms with Crippen LogP contribution in [0.1, 0.15) is 15.9 Å². The Hall–Kier alpha value is -4.40. The largest absolute Gasteiger partial charge is 0.488 e. The third kappa shape index (κ3) is 4.84. The number of halogens is 2. The van der Waals surface area contributed by atoms with Gasteiger partial charge in [0.15, 0.2) is 5.69 Å². The van der Waals surface area contributed by atoms with E-state index < -0.39 is 17.7 Å². The van der Waals surface area contributed by atoms with Crippen molar-refractivity contribution in [1.82, 2.24) is 5.32 Å². The van der Waals surface area contributed by atoms with Crippen LogP contribution in [-0.2, 0) is 6.61 Å². The predicted octanol–water partition coefficient (Wildman–Crippen LogP) is 4.80. The third-order valence-electron chi connectivity index (χ3n) is 4.36. The predicted molar refractivity (Wildman–Crippen MR) is 119 cm³/mol. The van der Waals surface area contributed by atoms with Gasteiger partial charge in [-0.2, -0.15) is 5.26 Å². The van der Waals surface area contributed by atoms with Crippen LogP contribution in [0, 0.1) is 23.8 Å². The van der Waals surface area contributed by atoms with Crippen molar-refractivity contribution in [2.45, 2.75) is 6.61 Å². The van der Waals surface area contributed by atoms with Gasteiger partial charge in [0, 0.05) is 5.56 Å². The summed E-state index contributed by atoms with van der Waals surface area (Å²) < 4.78 is 20.1. The number of hydrogen-bond donors (Lipinski definition) is 2. The monoisotopic (exact) mass is 447 g/mol. The van der Waals surface area contributed by atoms with Crippen molar-refractivity contribution in [2.24, 2.45) is 10.7 Å². The summed E-state index contributed by atoms with van der Waals surface area (Å²) in [6, 6.07) is 16.2. The van der Waals surface area contributed by atoms with E-state index in [1.165, 1.54) is 30.5 Å². The molecule has 3 aromatic carbocycles. The van der Waals surface area contributed by atoms with Gasteiger partial charge in [-0.25, -0.2) is 9.24 Å². The van der Waals surface area contributed by atoms with Crippen molar-refractivity contribution in [3.63, 3.8) is 0 Å². The van der Waals surface area contributed by atoms with Crippen molar-refractivity contribution in [2.75, 3.05) is 0 Å². The fourth-order valence-electron chi connectivity index (χ4n) is 2.98. The van der Waals surface area contributed by atoms with Crippen LogP contribution in [0.15, 0.2) is 65.7 Å². The Bertz CT molecular complexity index is 1280.